The molecular weight excluding hydrogens is 194 g/mol. The second kappa shape index (κ2) is 7.87. The molecule has 0 aromatic rings. The molecule has 0 spiro atoms. The van der Waals surface area contributed by atoms with Crippen LogP contribution in [0.5, 0.6) is 0 Å². The minimum Gasteiger partial charge on any atom is -0.466 e. The fourth-order valence-corrected chi connectivity index (χ4v) is 0.997. The van der Waals surface area contributed by atoms with E-state index in [0.717, 1.165) is 0 Å². The lowest BCUT2D eigenvalue weighted by Gasteiger charge is -2.10. The first-order valence-corrected chi connectivity index (χ1v) is 4.65. The summed E-state index contributed by atoms with van der Waals surface area (Å²) in [7, 11) is 1.62. The summed E-state index contributed by atoms with van der Waals surface area (Å²) in [4.78, 5) is 18.6. The first-order valence-electron chi connectivity index (χ1n) is 4.65. The summed E-state index contributed by atoms with van der Waals surface area (Å²) >= 11 is 0. The Morgan fingerprint density at radius 2 is 2.33 bits per heavy atom. The maximum atomic E-state index is 11.1. The van der Waals surface area contributed by atoms with E-state index in [1.807, 2.05) is 0 Å². The molecule has 0 heterocycles. The predicted molar refractivity (Wildman–Crippen MR) is 61.3 cm³/mol. The van der Waals surface area contributed by atoms with Gasteiger partial charge >= 0.3 is 5.97 Å². The number of esters is 1. The van der Waals surface area contributed by atoms with Gasteiger partial charge in [0.15, 0.2) is 0 Å². The van der Waals surface area contributed by atoms with Crippen LogP contribution in [0.2, 0.25) is 0 Å². The largest absolute Gasteiger partial charge is 0.466 e. The van der Waals surface area contributed by atoms with Crippen molar-refractivity contribution in [3.63, 3.8) is 0 Å². The highest BCUT2D eigenvalue weighted by molar-refractivity contribution is 5.82. The van der Waals surface area contributed by atoms with Crippen molar-refractivity contribution in [3.8, 4) is 0 Å². The van der Waals surface area contributed by atoms with Crippen LogP contribution in [0.1, 0.15) is 13.3 Å². The molecule has 0 aliphatic carbocycles. The molecule has 0 unspecified atom stereocenters. The molecule has 0 bridgehead atoms. The monoisotopic (exact) mass is 211 g/mol. The van der Waals surface area contributed by atoms with Crippen LogP contribution >= 0.6 is 0 Å². The zero-order valence-corrected chi connectivity index (χ0v) is 9.14. The van der Waals surface area contributed by atoms with Crippen LogP contribution in [0.4, 0.5) is 0 Å². The van der Waals surface area contributed by atoms with Gasteiger partial charge in [0.05, 0.1) is 13.0 Å². The summed E-state index contributed by atoms with van der Waals surface area (Å²) < 4.78 is 4.78. The van der Waals surface area contributed by atoms with Crippen molar-refractivity contribution in [2.75, 3.05) is 13.7 Å². The Bertz CT molecular complexity index is 272. The minimum atomic E-state index is -0.460. The summed E-state index contributed by atoms with van der Waals surface area (Å²) in [5.41, 5.74) is 6.43. The second-order valence-electron chi connectivity index (χ2n) is 2.81. The number of rotatable bonds is 6. The number of carbonyl (C=O) groups excluding carboxylic acids is 1. The molecule has 2 N–H and O–H groups in total. The molecule has 0 aromatic heterocycles. The predicted octanol–water partition coefficient (Wildman–Crippen LogP) is 0.552. The van der Waals surface area contributed by atoms with E-state index in [2.05, 4.69) is 16.7 Å². The highest BCUT2D eigenvalue weighted by Gasteiger charge is 2.13. The average Bonchev–Trinajstić information content (AvgIpc) is 2.17. The van der Waals surface area contributed by atoms with Crippen LogP contribution in [0, 0.1) is 0 Å². The Morgan fingerprint density at radius 1 is 1.67 bits per heavy atom. The highest BCUT2D eigenvalue weighted by Crippen LogP contribution is 2.03. The first-order chi connectivity index (χ1) is 7.15. The molecule has 15 heavy (non-hydrogen) atoms. The van der Waals surface area contributed by atoms with Crippen molar-refractivity contribution >= 4 is 18.9 Å². The van der Waals surface area contributed by atoms with Crippen LogP contribution in [0.15, 0.2) is 21.8 Å². The maximum Gasteiger partial charge on any atom is 0.307 e. The quantitative estimate of drug-likeness (QED) is 0.515. The summed E-state index contributed by atoms with van der Waals surface area (Å²) in [6.45, 7) is 5.42. The van der Waals surface area contributed by atoms with E-state index in [1.165, 1.54) is 6.20 Å². The molecule has 0 aliphatic rings. The Labute approximate surface area is 89.7 Å². The van der Waals surface area contributed by atoms with Crippen molar-refractivity contribution in [2.24, 2.45) is 15.7 Å². The summed E-state index contributed by atoms with van der Waals surface area (Å²) in [5, 5.41) is 0. The van der Waals surface area contributed by atoms with Gasteiger partial charge < -0.3 is 10.5 Å². The van der Waals surface area contributed by atoms with E-state index in [4.69, 9.17) is 10.5 Å². The Balaban J connectivity index is 4.38. The molecule has 84 valence electrons. The van der Waals surface area contributed by atoms with Gasteiger partial charge in [0.2, 0.25) is 0 Å². The van der Waals surface area contributed by atoms with Gasteiger partial charge in [0.25, 0.3) is 0 Å². The van der Waals surface area contributed by atoms with E-state index in [1.54, 1.807) is 20.2 Å². The third kappa shape index (κ3) is 5.74. The summed E-state index contributed by atoms with van der Waals surface area (Å²) in [5.74, 6) is -0.329. The van der Waals surface area contributed by atoms with E-state index >= 15 is 0 Å². The van der Waals surface area contributed by atoms with E-state index in [9.17, 15) is 4.79 Å². The van der Waals surface area contributed by atoms with Gasteiger partial charge in [-0.3, -0.25) is 14.8 Å². The van der Waals surface area contributed by atoms with Crippen LogP contribution in [0.25, 0.3) is 0 Å². The van der Waals surface area contributed by atoms with Crippen LogP contribution < -0.4 is 5.73 Å². The maximum absolute atomic E-state index is 11.1. The molecular formula is C10H17N3O2. The number of aliphatic imine (C=N–C) groups is 2. The van der Waals surface area contributed by atoms with Crippen molar-refractivity contribution in [2.45, 2.75) is 19.4 Å². The number of nitrogens with zero attached hydrogens (tertiary/aromatic N) is 2. The third-order valence-electron chi connectivity index (χ3n) is 1.64. The zero-order valence-electron chi connectivity index (χ0n) is 9.14. The Hall–Kier alpha value is -1.49. The van der Waals surface area contributed by atoms with Gasteiger partial charge in [-0.25, -0.2) is 0 Å². The second-order valence-corrected chi connectivity index (χ2v) is 2.81. The first kappa shape index (κ1) is 13.5. The van der Waals surface area contributed by atoms with E-state index in [-0.39, 0.29) is 12.4 Å². The smallest absolute Gasteiger partial charge is 0.307 e. The fraction of sp³-hybridized carbons (Fsp3) is 0.500. The number of hydrogen-bond donors (Lipinski definition) is 1. The van der Waals surface area contributed by atoms with Crippen LogP contribution in [-0.4, -0.2) is 38.6 Å². The molecule has 5 heteroatoms. The Morgan fingerprint density at radius 3 is 2.80 bits per heavy atom. The SMILES string of the molecule is C=N/C=C(\C=NC)[C@@H](N)CC(=O)OCC. The van der Waals surface area contributed by atoms with Gasteiger partial charge in [-0.15, -0.1) is 0 Å². The normalized spacial score (nSPS) is 13.9. The summed E-state index contributed by atoms with van der Waals surface area (Å²) in [6, 6.07) is -0.460. The third-order valence-corrected chi connectivity index (χ3v) is 1.64. The Kier molecular flexibility index (Phi) is 7.09. The topological polar surface area (TPSA) is 77.0 Å². The number of nitrogens with two attached hydrogens (primary N) is 1. The van der Waals surface area contributed by atoms with Crippen LogP contribution in [0.3, 0.4) is 0 Å². The van der Waals surface area contributed by atoms with E-state index in [0.29, 0.717) is 12.2 Å². The van der Waals surface area contributed by atoms with E-state index < -0.39 is 6.04 Å². The van der Waals surface area contributed by atoms with Crippen molar-refractivity contribution in [3.05, 3.63) is 11.8 Å². The highest BCUT2D eigenvalue weighted by atomic mass is 16.5. The number of carbonyl (C=O) groups is 1. The fourth-order valence-electron chi connectivity index (χ4n) is 0.997. The molecule has 0 rings (SSSR count). The van der Waals surface area contributed by atoms with Gasteiger partial charge in [-0.2, -0.15) is 0 Å². The van der Waals surface area contributed by atoms with Gasteiger partial charge in [0.1, 0.15) is 0 Å². The molecule has 0 saturated heterocycles. The molecule has 5 nitrogen and oxygen atoms in total. The van der Waals surface area contributed by atoms with Gasteiger partial charge in [0, 0.05) is 31.1 Å². The molecule has 0 fully saturated rings. The number of ether oxygens (including phenoxy) is 1. The molecule has 0 saturated carbocycles. The lowest BCUT2D eigenvalue weighted by Crippen LogP contribution is -2.27. The standard InChI is InChI=1S/C10H17N3O2/c1-4-15-10(14)5-9(11)8(6-12-2)7-13-3/h6-7,9H,2,4-5,11H2,1,3H3/b8-6+,13-7?/t9-/m0/s1. The van der Waals surface area contributed by atoms with Crippen LogP contribution in [-0.2, 0) is 9.53 Å². The van der Waals surface area contributed by atoms with Gasteiger partial charge in [-0.1, -0.05) is 0 Å². The summed E-state index contributed by atoms with van der Waals surface area (Å²) in [6.07, 6.45) is 3.15. The molecule has 0 aliphatic heterocycles. The average molecular weight is 211 g/mol. The van der Waals surface area contributed by atoms with Gasteiger partial charge in [-0.05, 0) is 13.6 Å². The lowest BCUT2D eigenvalue weighted by atomic mass is 10.1. The molecule has 0 aromatic carbocycles. The van der Waals surface area contributed by atoms with Crippen molar-refractivity contribution in [1.29, 1.82) is 0 Å². The van der Waals surface area contributed by atoms with Crippen molar-refractivity contribution < 1.29 is 9.53 Å². The zero-order chi connectivity index (χ0) is 11.7. The molecule has 0 amide bonds. The molecule has 1 atom stereocenters. The number of hydrogen-bond acceptors (Lipinski definition) is 5. The lowest BCUT2D eigenvalue weighted by molar-refractivity contribution is -0.143. The molecule has 0 radical (unpaired) electrons. The minimum absolute atomic E-state index is 0.112. The van der Waals surface area contributed by atoms with Crippen molar-refractivity contribution in [1.82, 2.24) is 0 Å².